The smallest absolute Gasteiger partial charge is 0.495 e. The Bertz CT molecular complexity index is 1530. The molecule has 210 valence electrons. The van der Waals surface area contributed by atoms with E-state index in [1.54, 1.807) is 40.9 Å². The summed E-state index contributed by atoms with van der Waals surface area (Å²) in [5, 5.41) is 8.42. The Morgan fingerprint density at radius 2 is 1.85 bits per heavy atom. The normalized spacial score (nSPS) is 14.4. The average Bonchev–Trinajstić information content (AvgIpc) is 3.27. The molecule has 1 aliphatic heterocycles. The van der Waals surface area contributed by atoms with Crippen LogP contribution in [0, 0.1) is 0 Å². The van der Waals surface area contributed by atoms with Gasteiger partial charge in [-0.15, -0.1) is 5.10 Å². The van der Waals surface area contributed by atoms with Crippen molar-refractivity contribution in [2.75, 3.05) is 32.3 Å². The third-order valence-electron chi connectivity index (χ3n) is 5.91. The van der Waals surface area contributed by atoms with Gasteiger partial charge in [-0.25, -0.2) is 9.29 Å². The number of nitrogens with one attached hydrogen (secondary N) is 1. The number of imidazole rings is 1. The third kappa shape index (κ3) is 5.41. The van der Waals surface area contributed by atoms with Gasteiger partial charge < -0.3 is 14.8 Å². The summed E-state index contributed by atoms with van der Waals surface area (Å²) in [6.07, 6.45) is 2.08. The molecule has 0 aliphatic carbocycles. The number of amides is 1. The first-order valence-electron chi connectivity index (χ1n) is 11.5. The zero-order chi connectivity index (χ0) is 28.5. The van der Waals surface area contributed by atoms with Gasteiger partial charge in [0.25, 0.3) is 5.91 Å². The standard InChI is InChI=1S/C23H24ClF3N6O5S/c1-4-17-20(31-13-16(24)18(37-2)11-19(31)29-17)21(34)28-12-14-5-7-15(8-6-14)32-9-10-33(22(30-32)38-3)39(35,36)23(25,26)27/h5-8,11,13H,4,9-10,12H2,1-3H3,(H,28,34). The molecule has 3 aromatic rings. The molecule has 1 amide bonds. The molecule has 0 spiro atoms. The highest BCUT2D eigenvalue weighted by Crippen LogP contribution is 2.30. The largest absolute Gasteiger partial charge is 0.516 e. The van der Waals surface area contributed by atoms with Gasteiger partial charge in [0.2, 0.25) is 0 Å². The first-order valence-corrected chi connectivity index (χ1v) is 13.3. The van der Waals surface area contributed by atoms with E-state index >= 15 is 0 Å². The van der Waals surface area contributed by atoms with Gasteiger partial charge in [0.05, 0.1) is 43.7 Å². The number of carbonyl (C=O) groups excluding carboxylic acids is 1. The van der Waals surface area contributed by atoms with Crippen LogP contribution in [-0.2, 0) is 27.7 Å². The Morgan fingerprint density at radius 1 is 1.15 bits per heavy atom. The first-order chi connectivity index (χ1) is 18.4. The number of carbonyl (C=O) groups is 1. The number of aromatic nitrogens is 2. The van der Waals surface area contributed by atoms with E-state index in [9.17, 15) is 26.4 Å². The van der Waals surface area contributed by atoms with Gasteiger partial charge in [0.15, 0.2) is 0 Å². The summed E-state index contributed by atoms with van der Waals surface area (Å²) in [6, 6.07) is 7.63. The lowest BCUT2D eigenvalue weighted by Crippen LogP contribution is -2.51. The minimum atomic E-state index is -5.64. The molecule has 11 nitrogen and oxygen atoms in total. The van der Waals surface area contributed by atoms with Crippen molar-refractivity contribution < 1.29 is 35.9 Å². The summed E-state index contributed by atoms with van der Waals surface area (Å²) in [4.78, 5) is 17.6. The zero-order valence-corrected chi connectivity index (χ0v) is 22.6. The fourth-order valence-electron chi connectivity index (χ4n) is 3.95. The van der Waals surface area contributed by atoms with Gasteiger partial charge in [0.1, 0.15) is 17.1 Å². The van der Waals surface area contributed by atoms with Crippen LogP contribution < -0.4 is 15.1 Å². The third-order valence-corrected chi connectivity index (χ3v) is 7.69. The van der Waals surface area contributed by atoms with Crippen molar-refractivity contribution in [2.45, 2.75) is 25.4 Å². The summed E-state index contributed by atoms with van der Waals surface area (Å²) in [6.45, 7) is 1.40. The number of ether oxygens (including phenoxy) is 2. The van der Waals surface area contributed by atoms with E-state index in [-0.39, 0.29) is 23.3 Å². The molecule has 0 unspecified atom stereocenters. The van der Waals surface area contributed by atoms with Crippen LogP contribution in [-0.4, -0.2) is 66.9 Å². The lowest BCUT2D eigenvalue weighted by Gasteiger charge is -2.32. The van der Waals surface area contributed by atoms with Gasteiger partial charge >= 0.3 is 21.6 Å². The molecule has 16 heteroatoms. The quantitative estimate of drug-likeness (QED) is 0.450. The highest BCUT2D eigenvalue weighted by molar-refractivity contribution is 7.90. The van der Waals surface area contributed by atoms with Crippen LogP contribution in [0.25, 0.3) is 5.65 Å². The average molecular weight is 589 g/mol. The van der Waals surface area contributed by atoms with Crippen molar-refractivity contribution in [2.24, 2.45) is 5.10 Å². The van der Waals surface area contributed by atoms with Crippen molar-refractivity contribution in [3.8, 4) is 5.75 Å². The van der Waals surface area contributed by atoms with E-state index in [0.29, 0.717) is 39.9 Å². The molecule has 1 aromatic carbocycles. The number of pyridine rings is 1. The number of rotatable bonds is 7. The monoisotopic (exact) mass is 588 g/mol. The summed E-state index contributed by atoms with van der Waals surface area (Å²) >= 11 is 6.24. The molecule has 4 rings (SSSR count). The van der Waals surface area contributed by atoms with Gasteiger partial charge in [0, 0.05) is 18.8 Å². The number of halogens is 4. The number of fused-ring (bicyclic) bond motifs is 1. The maximum Gasteiger partial charge on any atom is 0.516 e. The number of aryl methyl sites for hydroxylation is 1. The molecule has 2 aromatic heterocycles. The maximum absolute atomic E-state index is 13.1. The fourth-order valence-corrected chi connectivity index (χ4v) is 5.07. The summed E-state index contributed by atoms with van der Waals surface area (Å²) in [7, 11) is -3.12. The Labute approximate surface area is 226 Å². The molecule has 3 heterocycles. The molecular weight excluding hydrogens is 565 g/mol. The Balaban J connectivity index is 1.48. The van der Waals surface area contributed by atoms with Crippen LogP contribution in [0.2, 0.25) is 5.02 Å². The van der Waals surface area contributed by atoms with Gasteiger partial charge in [-0.1, -0.05) is 30.7 Å². The van der Waals surface area contributed by atoms with E-state index in [1.807, 2.05) is 6.92 Å². The molecule has 1 N–H and O–H groups in total. The second kappa shape index (κ2) is 10.8. The highest BCUT2D eigenvalue weighted by atomic mass is 35.5. The van der Waals surface area contributed by atoms with E-state index < -0.39 is 28.1 Å². The molecule has 0 saturated carbocycles. The van der Waals surface area contributed by atoms with Crippen LogP contribution >= 0.6 is 11.6 Å². The fraction of sp³-hybridized carbons (Fsp3) is 0.348. The minimum Gasteiger partial charge on any atom is -0.495 e. The van der Waals surface area contributed by atoms with E-state index in [1.165, 1.54) is 12.1 Å². The van der Waals surface area contributed by atoms with Gasteiger partial charge in [-0.2, -0.15) is 21.6 Å². The predicted molar refractivity (Wildman–Crippen MR) is 137 cm³/mol. The minimum absolute atomic E-state index is 0.0847. The molecular formula is C23H24ClF3N6O5S. The van der Waals surface area contributed by atoms with Crippen molar-refractivity contribution in [3.63, 3.8) is 0 Å². The molecule has 39 heavy (non-hydrogen) atoms. The van der Waals surface area contributed by atoms with Crippen LogP contribution in [0.15, 0.2) is 41.6 Å². The van der Waals surface area contributed by atoms with E-state index in [2.05, 4.69) is 15.4 Å². The highest BCUT2D eigenvalue weighted by Gasteiger charge is 2.52. The van der Waals surface area contributed by atoms with Gasteiger partial charge in [-0.05, 0) is 24.1 Å². The number of hydrazone groups is 1. The summed E-state index contributed by atoms with van der Waals surface area (Å²) in [5.41, 5.74) is -2.81. The summed E-state index contributed by atoms with van der Waals surface area (Å²) < 4.78 is 74.3. The molecule has 0 fully saturated rings. The molecule has 1 aliphatic rings. The van der Waals surface area contributed by atoms with Crippen molar-refractivity contribution >= 4 is 44.9 Å². The maximum atomic E-state index is 13.1. The lowest BCUT2D eigenvalue weighted by molar-refractivity contribution is -0.0477. The van der Waals surface area contributed by atoms with E-state index in [4.69, 9.17) is 21.1 Å². The Kier molecular flexibility index (Phi) is 7.84. The number of methoxy groups -OCH3 is 2. The summed E-state index contributed by atoms with van der Waals surface area (Å²) in [5.74, 6) is 0.0789. The van der Waals surface area contributed by atoms with Crippen molar-refractivity contribution in [3.05, 3.63) is 58.5 Å². The molecule has 0 bridgehead atoms. The number of amidine groups is 1. The Morgan fingerprint density at radius 3 is 2.44 bits per heavy atom. The second-order valence-corrected chi connectivity index (χ2v) is 10.5. The van der Waals surface area contributed by atoms with E-state index in [0.717, 1.165) is 12.7 Å². The number of benzene rings is 1. The number of nitrogens with zero attached hydrogens (tertiary/aromatic N) is 5. The van der Waals surface area contributed by atoms with Crippen LogP contribution in [0.1, 0.15) is 28.7 Å². The zero-order valence-electron chi connectivity index (χ0n) is 21.0. The number of sulfonamides is 1. The van der Waals surface area contributed by atoms with Crippen molar-refractivity contribution in [1.29, 1.82) is 0 Å². The second-order valence-electron chi connectivity index (χ2n) is 8.26. The van der Waals surface area contributed by atoms with Crippen LogP contribution in [0.5, 0.6) is 5.75 Å². The Hall–Kier alpha value is -3.72. The lowest BCUT2D eigenvalue weighted by atomic mass is 10.2. The van der Waals surface area contributed by atoms with Gasteiger partial charge in [-0.3, -0.25) is 14.2 Å². The molecule has 0 atom stereocenters. The van der Waals surface area contributed by atoms with Crippen molar-refractivity contribution in [1.82, 2.24) is 19.0 Å². The van der Waals surface area contributed by atoms with Crippen LogP contribution in [0.4, 0.5) is 18.9 Å². The number of hydrogen-bond donors (Lipinski definition) is 1. The number of anilines is 1. The predicted octanol–water partition coefficient (Wildman–Crippen LogP) is 3.38. The van der Waals surface area contributed by atoms with Crippen LogP contribution in [0.3, 0.4) is 0 Å². The number of hydrogen-bond acceptors (Lipinski definition) is 8. The first kappa shape index (κ1) is 28.3. The SMILES string of the molecule is CCc1nc2cc(OC)c(Cl)cn2c1C(=O)NCc1ccc(N2CCN(S(=O)(=O)C(F)(F)F)C(OC)=N2)cc1. The number of alkyl halides is 3. The molecule has 0 radical (unpaired) electrons. The molecule has 0 saturated heterocycles. The topological polar surface area (TPSA) is 118 Å².